The Morgan fingerprint density at radius 1 is 1.21 bits per heavy atom. The highest BCUT2D eigenvalue weighted by Crippen LogP contribution is 2.29. The van der Waals surface area contributed by atoms with Gasteiger partial charge >= 0.3 is 0 Å². The minimum Gasteiger partial charge on any atom is -0.461 e. The number of rotatable bonds is 6. The van der Waals surface area contributed by atoms with Gasteiger partial charge in [0.05, 0.1) is 28.6 Å². The number of ether oxygens (including phenoxy) is 1. The van der Waals surface area contributed by atoms with E-state index < -0.39 is 0 Å². The number of furan rings is 1. The van der Waals surface area contributed by atoms with E-state index in [1.54, 1.807) is 42.7 Å². The highest BCUT2D eigenvalue weighted by molar-refractivity contribution is 6.43. The van der Waals surface area contributed by atoms with Gasteiger partial charge in [0.2, 0.25) is 11.7 Å². The normalized spacial score (nSPS) is 10.8. The maximum Gasteiger partial charge on any atom is 0.250 e. The Morgan fingerprint density at radius 3 is 2.88 bits per heavy atom. The van der Waals surface area contributed by atoms with E-state index in [9.17, 15) is 4.79 Å². The number of anilines is 1. The molecule has 8 heteroatoms. The van der Waals surface area contributed by atoms with Crippen molar-refractivity contribution >= 4 is 34.8 Å². The summed E-state index contributed by atoms with van der Waals surface area (Å²) in [6.45, 7) is -0.0350. The molecule has 1 N–H and O–H groups in total. The molecule has 0 aliphatic heterocycles. The summed E-state index contributed by atoms with van der Waals surface area (Å²) >= 11 is 11.9. The quantitative estimate of drug-likeness (QED) is 0.699. The van der Waals surface area contributed by atoms with E-state index in [4.69, 9.17) is 36.9 Å². The van der Waals surface area contributed by atoms with E-state index in [1.165, 1.54) is 0 Å². The number of nitrogens with one attached hydrogen (secondary N) is 1. The molecule has 0 aliphatic carbocycles. The fourth-order valence-electron chi connectivity index (χ4n) is 1.95. The Hall–Kier alpha value is -2.28. The number of nitrogens with zero attached hydrogens (tertiary/aromatic N) is 1. The molecule has 124 valence electrons. The third-order valence-electron chi connectivity index (χ3n) is 3.03. The van der Waals surface area contributed by atoms with Crippen LogP contribution in [0.15, 0.2) is 51.6 Å². The maximum absolute atomic E-state index is 11.9. The molecule has 0 aliphatic rings. The van der Waals surface area contributed by atoms with Gasteiger partial charge in [0.15, 0.2) is 5.76 Å². The van der Waals surface area contributed by atoms with Gasteiger partial charge in [-0.05, 0) is 24.3 Å². The third-order valence-corrected chi connectivity index (χ3v) is 3.85. The zero-order valence-corrected chi connectivity index (χ0v) is 13.8. The van der Waals surface area contributed by atoms with Crippen molar-refractivity contribution in [3.8, 4) is 11.5 Å². The minimum absolute atomic E-state index is 0.126. The summed E-state index contributed by atoms with van der Waals surface area (Å²) < 4.78 is 15.6. The van der Waals surface area contributed by atoms with Gasteiger partial charge in [0.25, 0.3) is 0 Å². The molecule has 1 amide bonds. The molecular weight excluding hydrogens is 355 g/mol. The molecule has 2 aromatic heterocycles. The van der Waals surface area contributed by atoms with Crippen molar-refractivity contribution in [2.75, 3.05) is 11.9 Å². The van der Waals surface area contributed by atoms with Crippen LogP contribution < -0.4 is 5.32 Å². The molecule has 3 aromatic rings. The molecule has 0 radical (unpaired) electrons. The van der Waals surface area contributed by atoms with E-state index in [1.807, 2.05) is 0 Å². The van der Waals surface area contributed by atoms with Crippen molar-refractivity contribution in [1.29, 1.82) is 0 Å². The smallest absolute Gasteiger partial charge is 0.250 e. The SMILES string of the molecule is O=C(COCc1cc(-c2ccco2)on1)Nc1cccc(Cl)c1Cl. The van der Waals surface area contributed by atoms with Gasteiger partial charge in [0.1, 0.15) is 12.3 Å². The largest absolute Gasteiger partial charge is 0.461 e. The first-order valence-electron chi connectivity index (χ1n) is 6.94. The van der Waals surface area contributed by atoms with Crippen LogP contribution in [0.3, 0.4) is 0 Å². The molecule has 2 heterocycles. The summed E-state index contributed by atoms with van der Waals surface area (Å²) in [5.41, 5.74) is 0.981. The number of aromatic nitrogens is 1. The predicted octanol–water partition coefficient (Wildman–Crippen LogP) is 4.40. The molecule has 0 spiro atoms. The first-order valence-corrected chi connectivity index (χ1v) is 7.70. The average Bonchev–Trinajstić information content (AvgIpc) is 3.23. The van der Waals surface area contributed by atoms with Crippen molar-refractivity contribution in [2.24, 2.45) is 0 Å². The van der Waals surface area contributed by atoms with Gasteiger partial charge in [-0.25, -0.2) is 0 Å². The number of halogens is 2. The zero-order valence-electron chi connectivity index (χ0n) is 12.3. The van der Waals surface area contributed by atoms with Crippen LogP contribution in [-0.4, -0.2) is 17.7 Å². The van der Waals surface area contributed by atoms with Crippen LogP contribution in [0.5, 0.6) is 0 Å². The van der Waals surface area contributed by atoms with Crippen LogP contribution >= 0.6 is 23.2 Å². The lowest BCUT2D eigenvalue weighted by molar-refractivity contribution is -0.121. The highest BCUT2D eigenvalue weighted by atomic mass is 35.5. The van der Waals surface area contributed by atoms with E-state index in [0.717, 1.165) is 0 Å². The van der Waals surface area contributed by atoms with Crippen LogP contribution in [0.25, 0.3) is 11.5 Å². The lowest BCUT2D eigenvalue weighted by Gasteiger charge is -2.08. The molecule has 0 bridgehead atoms. The molecule has 24 heavy (non-hydrogen) atoms. The number of benzene rings is 1. The Balaban J connectivity index is 1.49. The summed E-state index contributed by atoms with van der Waals surface area (Å²) in [5, 5.41) is 7.12. The standard InChI is InChI=1S/C16H12Cl2N2O4/c17-11-3-1-4-12(16(11)18)19-15(21)9-22-8-10-7-14(24-20-10)13-5-2-6-23-13/h1-7H,8-9H2,(H,19,21). The monoisotopic (exact) mass is 366 g/mol. The molecule has 0 fully saturated rings. The number of carbonyl (C=O) groups is 1. The Labute approximate surface area is 147 Å². The van der Waals surface area contributed by atoms with Crippen molar-refractivity contribution in [3.63, 3.8) is 0 Å². The van der Waals surface area contributed by atoms with Gasteiger partial charge in [-0.2, -0.15) is 0 Å². The van der Waals surface area contributed by atoms with Crippen molar-refractivity contribution < 1.29 is 18.5 Å². The summed E-state index contributed by atoms with van der Waals surface area (Å²) in [6.07, 6.45) is 1.54. The fraction of sp³-hybridized carbons (Fsp3) is 0.125. The summed E-state index contributed by atoms with van der Waals surface area (Å²) in [7, 11) is 0. The molecular formula is C16H12Cl2N2O4. The molecule has 6 nitrogen and oxygen atoms in total. The van der Waals surface area contributed by atoms with Crippen molar-refractivity contribution in [1.82, 2.24) is 5.16 Å². The van der Waals surface area contributed by atoms with Gasteiger partial charge in [-0.15, -0.1) is 0 Å². The number of amides is 1. The highest BCUT2D eigenvalue weighted by Gasteiger charge is 2.11. The molecule has 0 saturated heterocycles. The molecule has 0 atom stereocenters. The topological polar surface area (TPSA) is 77.5 Å². The zero-order chi connectivity index (χ0) is 16.9. The van der Waals surface area contributed by atoms with Gasteiger partial charge in [-0.3, -0.25) is 4.79 Å². The Morgan fingerprint density at radius 2 is 2.08 bits per heavy atom. The van der Waals surface area contributed by atoms with Gasteiger partial charge < -0.3 is 19.0 Å². The number of hydrogen-bond donors (Lipinski definition) is 1. The summed E-state index contributed by atoms with van der Waals surface area (Å²) in [5.74, 6) is 0.713. The average molecular weight is 367 g/mol. The molecule has 3 rings (SSSR count). The molecule has 0 saturated carbocycles. The van der Waals surface area contributed by atoms with Crippen LogP contribution in [0.2, 0.25) is 10.0 Å². The van der Waals surface area contributed by atoms with E-state index in [2.05, 4.69) is 10.5 Å². The lowest BCUT2D eigenvalue weighted by atomic mass is 10.3. The van der Waals surface area contributed by atoms with Crippen molar-refractivity contribution in [2.45, 2.75) is 6.61 Å². The predicted molar refractivity (Wildman–Crippen MR) is 89.0 cm³/mol. The minimum atomic E-state index is -0.353. The van der Waals surface area contributed by atoms with Crippen molar-refractivity contribution in [3.05, 3.63) is 58.4 Å². The summed E-state index contributed by atoms with van der Waals surface area (Å²) in [6, 6.07) is 10.2. The van der Waals surface area contributed by atoms with E-state index >= 15 is 0 Å². The fourth-order valence-corrected chi connectivity index (χ4v) is 2.30. The first kappa shape index (κ1) is 16.6. The van der Waals surface area contributed by atoms with Crippen LogP contribution in [0, 0.1) is 0 Å². The van der Waals surface area contributed by atoms with Crippen LogP contribution in [0.4, 0.5) is 5.69 Å². The maximum atomic E-state index is 11.9. The lowest BCUT2D eigenvalue weighted by Crippen LogP contribution is -2.18. The number of carbonyl (C=O) groups excluding carboxylic acids is 1. The second kappa shape index (κ2) is 7.53. The number of hydrogen-bond acceptors (Lipinski definition) is 5. The van der Waals surface area contributed by atoms with E-state index in [0.29, 0.717) is 27.9 Å². The van der Waals surface area contributed by atoms with Crippen LogP contribution in [-0.2, 0) is 16.1 Å². The van der Waals surface area contributed by atoms with Crippen LogP contribution in [0.1, 0.15) is 5.69 Å². The summed E-state index contributed by atoms with van der Waals surface area (Å²) in [4.78, 5) is 11.9. The third kappa shape index (κ3) is 3.97. The molecule has 1 aromatic carbocycles. The second-order valence-corrected chi connectivity index (χ2v) is 5.59. The molecule has 0 unspecified atom stereocenters. The second-order valence-electron chi connectivity index (χ2n) is 4.80. The Bertz CT molecular complexity index is 830. The van der Waals surface area contributed by atoms with E-state index in [-0.39, 0.29) is 24.1 Å². The van der Waals surface area contributed by atoms with Gasteiger partial charge in [-0.1, -0.05) is 34.4 Å². The Kier molecular flexibility index (Phi) is 5.20. The van der Waals surface area contributed by atoms with Gasteiger partial charge in [0, 0.05) is 6.07 Å². The first-order chi connectivity index (χ1) is 11.6.